The first-order valence-corrected chi connectivity index (χ1v) is 5.64. The Kier molecular flexibility index (Phi) is 1.68. The summed E-state index contributed by atoms with van der Waals surface area (Å²) in [5.41, 5.74) is 0. The third-order valence-corrected chi connectivity index (χ3v) is 4.50. The maximum atomic E-state index is 3.65. The van der Waals surface area contributed by atoms with E-state index in [0.717, 1.165) is 23.7 Å². The number of hydrogen-bond donors (Lipinski definition) is 1. The van der Waals surface area contributed by atoms with Gasteiger partial charge in [0.05, 0.1) is 0 Å². The average Bonchev–Trinajstić information content (AvgIpc) is 2.43. The van der Waals surface area contributed by atoms with Crippen LogP contribution in [0, 0.1) is 23.7 Å². The molecule has 68 valence electrons. The van der Waals surface area contributed by atoms with Gasteiger partial charge in [-0.1, -0.05) is 0 Å². The Bertz CT molecular complexity index is 178. The zero-order chi connectivity index (χ0) is 7.97. The van der Waals surface area contributed by atoms with Crippen LogP contribution in [0.3, 0.4) is 0 Å². The van der Waals surface area contributed by atoms with Crippen molar-refractivity contribution in [2.75, 3.05) is 13.1 Å². The van der Waals surface area contributed by atoms with Crippen molar-refractivity contribution in [2.45, 2.75) is 32.1 Å². The number of rotatable bonds is 0. The summed E-state index contributed by atoms with van der Waals surface area (Å²) < 4.78 is 0. The normalized spacial score (nSPS) is 52.0. The highest BCUT2D eigenvalue weighted by molar-refractivity contribution is 4.93. The van der Waals surface area contributed by atoms with Crippen LogP contribution in [0.5, 0.6) is 0 Å². The van der Waals surface area contributed by atoms with Crippen molar-refractivity contribution in [3.8, 4) is 0 Å². The molecule has 12 heavy (non-hydrogen) atoms. The topological polar surface area (TPSA) is 12.0 Å². The lowest BCUT2D eigenvalue weighted by molar-refractivity contribution is 0.0936. The van der Waals surface area contributed by atoms with Crippen LogP contribution in [0.15, 0.2) is 0 Å². The van der Waals surface area contributed by atoms with Gasteiger partial charge in [-0.2, -0.15) is 0 Å². The van der Waals surface area contributed by atoms with Crippen LogP contribution < -0.4 is 5.32 Å². The molecule has 0 spiro atoms. The Hall–Kier alpha value is -0.0400. The summed E-state index contributed by atoms with van der Waals surface area (Å²) in [6.45, 7) is 2.65. The average molecular weight is 165 g/mol. The van der Waals surface area contributed by atoms with Gasteiger partial charge >= 0.3 is 0 Å². The highest BCUT2D eigenvalue weighted by atomic mass is 14.9. The molecule has 2 aliphatic carbocycles. The molecule has 4 unspecified atom stereocenters. The first kappa shape index (κ1) is 7.37. The molecule has 1 N–H and O–H groups in total. The van der Waals surface area contributed by atoms with Crippen molar-refractivity contribution in [1.29, 1.82) is 0 Å². The lowest BCUT2D eigenvalue weighted by atomic mass is 9.66. The van der Waals surface area contributed by atoms with Crippen molar-refractivity contribution in [3.05, 3.63) is 0 Å². The zero-order valence-electron chi connectivity index (χ0n) is 7.76. The summed E-state index contributed by atoms with van der Waals surface area (Å²) in [5, 5.41) is 3.65. The summed E-state index contributed by atoms with van der Waals surface area (Å²) in [6, 6.07) is 0. The first-order chi connectivity index (χ1) is 5.93. The van der Waals surface area contributed by atoms with Crippen molar-refractivity contribution in [3.63, 3.8) is 0 Å². The van der Waals surface area contributed by atoms with Gasteiger partial charge < -0.3 is 5.32 Å². The Morgan fingerprint density at radius 3 is 2.58 bits per heavy atom. The second kappa shape index (κ2) is 2.73. The standard InChI is InChI=1S/C11H19N/c1-2-9-5-8(1)6-12-7-10-3-4-11(9)10/h8-12H,1-7H2. The lowest BCUT2D eigenvalue weighted by Gasteiger charge is -2.42. The number of fused-ring (bicyclic) bond motifs is 4. The molecule has 2 saturated carbocycles. The smallest absolute Gasteiger partial charge is 0.00176 e. The minimum Gasteiger partial charge on any atom is -0.316 e. The quantitative estimate of drug-likeness (QED) is 0.579. The fraction of sp³-hybridized carbons (Fsp3) is 1.00. The molecular formula is C11H19N. The molecule has 1 nitrogen and oxygen atoms in total. The van der Waals surface area contributed by atoms with E-state index in [9.17, 15) is 0 Å². The molecule has 1 heteroatoms. The second-order valence-electron chi connectivity index (χ2n) is 5.10. The van der Waals surface area contributed by atoms with Crippen LogP contribution in [-0.4, -0.2) is 13.1 Å². The molecule has 0 radical (unpaired) electrons. The van der Waals surface area contributed by atoms with Crippen molar-refractivity contribution in [2.24, 2.45) is 23.7 Å². The molecule has 1 heterocycles. The van der Waals surface area contributed by atoms with Crippen LogP contribution in [0.2, 0.25) is 0 Å². The van der Waals surface area contributed by atoms with E-state index in [1.165, 1.54) is 25.9 Å². The third-order valence-electron chi connectivity index (χ3n) is 4.50. The minimum atomic E-state index is 1.04. The second-order valence-corrected chi connectivity index (χ2v) is 5.10. The Morgan fingerprint density at radius 2 is 1.75 bits per heavy atom. The summed E-state index contributed by atoms with van der Waals surface area (Å²) in [5.74, 6) is 4.37. The van der Waals surface area contributed by atoms with E-state index in [0.29, 0.717) is 0 Å². The van der Waals surface area contributed by atoms with E-state index in [1.807, 2.05) is 0 Å². The first-order valence-electron chi connectivity index (χ1n) is 5.64. The van der Waals surface area contributed by atoms with E-state index in [1.54, 1.807) is 19.3 Å². The van der Waals surface area contributed by atoms with Gasteiger partial charge in [-0.3, -0.25) is 0 Å². The van der Waals surface area contributed by atoms with Gasteiger partial charge in [-0.15, -0.1) is 0 Å². The molecule has 1 aliphatic heterocycles. The predicted molar refractivity (Wildman–Crippen MR) is 49.9 cm³/mol. The minimum absolute atomic E-state index is 1.04. The SMILES string of the molecule is C1CC2CC1CNCC1CCC12. The van der Waals surface area contributed by atoms with Gasteiger partial charge in [0.15, 0.2) is 0 Å². The van der Waals surface area contributed by atoms with Gasteiger partial charge in [0.1, 0.15) is 0 Å². The van der Waals surface area contributed by atoms with Gasteiger partial charge in [-0.05, 0) is 68.9 Å². The van der Waals surface area contributed by atoms with Crippen molar-refractivity contribution >= 4 is 0 Å². The van der Waals surface area contributed by atoms with Gasteiger partial charge in [-0.25, -0.2) is 0 Å². The van der Waals surface area contributed by atoms with Crippen molar-refractivity contribution in [1.82, 2.24) is 5.32 Å². The van der Waals surface area contributed by atoms with Crippen LogP contribution >= 0.6 is 0 Å². The molecule has 0 aromatic carbocycles. The van der Waals surface area contributed by atoms with Crippen LogP contribution in [0.25, 0.3) is 0 Å². The molecule has 3 aliphatic rings. The molecule has 3 fully saturated rings. The molecule has 4 atom stereocenters. The zero-order valence-corrected chi connectivity index (χ0v) is 7.76. The maximum Gasteiger partial charge on any atom is -0.00176 e. The van der Waals surface area contributed by atoms with E-state index < -0.39 is 0 Å². The summed E-state index contributed by atoms with van der Waals surface area (Å²) >= 11 is 0. The van der Waals surface area contributed by atoms with Crippen LogP contribution in [0.4, 0.5) is 0 Å². The summed E-state index contributed by atoms with van der Waals surface area (Å²) in [4.78, 5) is 0. The summed E-state index contributed by atoms with van der Waals surface area (Å²) in [7, 11) is 0. The predicted octanol–water partition coefficient (Wildman–Crippen LogP) is 2.03. The fourth-order valence-corrected chi connectivity index (χ4v) is 3.63. The molecule has 0 aromatic heterocycles. The van der Waals surface area contributed by atoms with E-state index >= 15 is 0 Å². The molecule has 0 aromatic rings. The molecule has 2 bridgehead atoms. The highest BCUT2D eigenvalue weighted by Crippen LogP contribution is 2.48. The van der Waals surface area contributed by atoms with Crippen LogP contribution in [0.1, 0.15) is 32.1 Å². The van der Waals surface area contributed by atoms with Crippen LogP contribution in [-0.2, 0) is 0 Å². The highest BCUT2D eigenvalue weighted by Gasteiger charge is 2.41. The largest absolute Gasteiger partial charge is 0.316 e. The fourth-order valence-electron chi connectivity index (χ4n) is 3.63. The van der Waals surface area contributed by atoms with E-state index in [2.05, 4.69) is 5.32 Å². The third kappa shape index (κ3) is 1.02. The van der Waals surface area contributed by atoms with E-state index in [-0.39, 0.29) is 0 Å². The molecular weight excluding hydrogens is 146 g/mol. The van der Waals surface area contributed by atoms with Crippen molar-refractivity contribution < 1.29 is 0 Å². The van der Waals surface area contributed by atoms with E-state index in [4.69, 9.17) is 0 Å². The molecule has 0 amide bonds. The Balaban J connectivity index is 1.75. The van der Waals surface area contributed by atoms with Gasteiger partial charge in [0.2, 0.25) is 0 Å². The van der Waals surface area contributed by atoms with Gasteiger partial charge in [0.25, 0.3) is 0 Å². The Morgan fingerprint density at radius 1 is 0.833 bits per heavy atom. The summed E-state index contributed by atoms with van der Waals surface area (Å²) in [6.07, 6.45) is 7.67. The number of nitrogens with one attached hydrogen (secondary N) is 1. The Labute approximate surface area is 74.9 Å². The monoisotopic (exact) mass is 165 g/mol. The number of hydrogen-bond acceptors (Lipinski definition) is 1. The van der Waals surface area contributed by atoms with Gasteiger partial charge in [0, 0.05) is 0 Å². The molecule has 3 rings (SSSR count). The maximum absolute atomic E-state index is 3.65. The lowest BCUT2D eigenvalue weighted by Crippen LogP contribution is -2.41. The molecule has 1 saturated heterocycles.